The van der Waals surface area contributed by atoms with Crippen LogP contribution >= 0.6 is 7.60 Å². The van der Waals surface area contributed by atoms with Crippen molar-refractivity contribution in [2.45, 2.75) is 27.7 Å². The van der Waals surface area contributed by atoms with Gasteiger partial charge in [0.1, 0.15) is 0 Å². The lowest BCUT2D eigenvalue weighted by Gasteiger charge is -2.19. The Hall–Kier alpha value is -0.380. The highest BCUT2D eigenvalue weighted by atomic mass is 31.2. The molecule has 0 fully saturated rings. The molecule has 0 bridgehead atoms. The molecule has 1 unspecified atom stereocenters. The summed E-state index contributed by atoms with van der Waals surface area (Å²) in [6.45, 7) is 7.77. The number of hydrogen-bond acceptors (Lipinski definition) is 5. The third-order valence-corrected chi connectivity index (χ3v) is 4.14. The molecule has 1 atom stereocenters. The largest absolute Gasteiger partial charge is 0.466 e. The molecule has 6 heteroatoms. The van der Waals surface area contributed by atoms with Crippen molar-refractivity contribution in [3.63, 3.8) is 0 Å². The Morgan fingerprint density at radius 3 is 2.00 bits per heavy atom. The van der Waals surface area contributed by atoms with Gasteiger partial charge in [0.05, 0.1) is 31.9 Å². The lowest BCUT2D eigenvalue weighted by Crippen LogP contribution is -2.19. The van der Waals surface area contributed by atoms with Crippen molar-refractivity contribution in [2.75, 3.05) is 26.0 Å². The molecule has 0 heterocycles. The van der Waals surface area contributed by atoms with Crippen LogP contribution in [0.1, 0.15) is 27.7 Å². The highest BCUT2D eigenvalue weighted by Gasteiger charge is 2.30. The third-order valence-electron chi connectivity index (χ3n) is 1.84. The van der Waals surface area contributed by atoms with E-state index in [0.29, 0.717) is 19.8 Å². The molecule has 0 spiro atoms. The van der Waals surface area contributed by atoms with E-state index in [1.165, 1.54) is 0 Å². The van der Waals surface area contributed by atoms with Crippen molar-refractivity contribution in [3.8, 4) is 0 Å². The molecule has 0 aliphatic heterocycles. The van der Waals surface area contributed by atoms with Gasteiger partial charge in [-0.05, 0) is 20.8 Å². The molecule has 96 valence electrons. The van der Waals surface area contributed by atoms with Crippen LogP contribution in [-0.4, -0.2) is 32.0 Å². The van der Waals surface area contributed by atoms with Gasteiger partial charge in [-0.15, -0.1) is 0 Å². The van der Waals surface area contributed by atoms with Crippen LogP contribution in [0.25, 0.3) is 0 Å². The van der Waals surface area contributed by atoms with Crippen molar-refractivity contribution in [2.24, 2.45) is 5.92 Å². The Morgan fingerprint density at radius 1 is 1.12 bits per heavy atom. The highest BCUT2D eigenvalue weighted by molar-refractivity contribution is 7.53. The molecule has 0 aliphatic rings. The van der Waals surface area contributed by atoms with E-state index in [2.05, 4.69) is 0 Å². The molecule has 0 aromatic carbocycles. The molecular weight excluding hydrogens is 231 g/mol. The van der Waals surface area contributed by atoms with E-state index in [1.807, 2.05) is 0 Å². The average molecular weight is 252 g/mol. The summed E-state index contributed by atoms with van der Waals surface area (Å²) in [5.74, 6) is -0.856. The molecule has 0 aliphatic carbocycles. The molecule has 5 nitrogen and oxygen atoms in total. The number of ether oxygens (including phenoxy) is 1. The van der Waals surface area contributed by atoms with Crippen molar-refractivity contribution in [3.05, 3.63) is 0 Å². The second-order valence-corrected chi connectivity index (χ2v) is 5.39. The summed E-state index contributed by atoms with van der Waals surface area (Å²) < 4.78 is 27.1. The van der Waals surface area contributed by atoms with Gasteiger partial charge in [-0.2, -0.15) is 0 Å². The molecule has 0 aromatic rings. The van der Waals surface area contributed by atoms with Crippen LogP contribution in [-0.2, 0) is 23.1 Å². The van der Waals surface area contributed by atoms with Gasteiger partial charge in [-0.25, -0.2) is 0 Å². The van der Waals surface area contributed by atoms with E-state index in [4.69, 9.17) is 13.8 Å². The zero-order valence-electron chi connectivity index (χ0n) is 10.4. The van der Waals surface area contributed by atoms with Crippen LogP contribution in [0.2, 0.25) is 0 Å². The van der Waals surface area contributed by atoms with Crippen molar-refractivity contribution in [1.82, 2.24) is 0 Å². The monoisotopic (exact) mass is 252 g/mol. The number of hydrogen-bond donors (Lipinski definition) is 0. The maximum absolute atomic E-state index is 12.1. The van der Waals surface area contributed by atoms with Crippen molar-refractivity contribution >= 4 is 13.6 Å². The summed E-state index contributed by atoms with van der Waals surface area (Å²) in [5, 5.41) is 0. The standard InChI is InChI=1S/C10H21O5P/c1-5-13-10(11)9(4)8-16(12,14-6-2)15-7-3/h9H,5-8H2,1-4H3. The fourth-order valence-electron chi connectivity index (χ4n) is 1.23. The van der Waals surface area contributed by atoms with E-state index in [0.717, 1.165) is 0 Å². The lowest BCUT2D eigenvalue weighted by atomic mass is 10.2. The van der Waals surface area contributed by atoms with Crippen LogP contribution < -0.4 is 0 Å². The minimum atomic E-state index is -3.15. The number of carbonyl (C=O) groups is 1. The normalized spacial score (nSPS) is 13.5. The second-order valence-electron chi connectivity index (χ2n) is 3.28. The summed E-state index contributed by atoms with van der Waals surface area (Å²) in [5.41, 5.74) is 0. The minimum Gasteiger partial charge on any atom is -0.466 e. The molecule has 0 rings (SSSR count). The van der Waals surface area contributed by atoms with E-state index in [-0.39, 0.29) is 12.1 Å². The quantitative estimate of drug-likeness (QED) is 0.490. The lowest BCUT2D eigenvalue weighted by molar-refractivity contribution is -0.146. The Labute approximate surface area is 97.0 Å². The molecule has 0 saturated carbocycles. The first kappa shape index (κ1) is 15.6. The van der Waals surface area contributed by atoms with E-state index in [1.54, 1.807) is 27.7 Å². The van der Waals surface area contributed by atoms with Gasteiger partial charge < -0.3 is 13.8 Å². The predicted molar refractivity (Wildman–Crippen MR) is 61.5 cm³/mol. The fraction of sp³-hybridized carbons (Fsp3) is 0.900. The van der Waals surface area contributed by atoms with E-state index in [9.17, 15) is 9.36 Å². The number of carbonyl (C=O) groups excluding carboxylic acids is 1. The number of rotatable bonds is 8. The molecule has 0 amide bonds. The van der Waals surface area contributed by atoms with Gasteiger partial charge in [-0.3, -0.25) is 9.36 Å². The molecule has 0 saturated heterocycles. The molecular formula is C10H21O5P. The van der Waals surface area contributed by atoms with Crippen molar-refractivity contribution < 1.29 is 23.1 Å². The Balaban J connectivity index is 4.38. The van der Waals surface area contributed by atoms with Crippen LogP contribution in [0.3, 0.4) is 0 Å². The SMILES string of the molecule is CCOC(=O)C(C)CP(=O)(OCC)OCC. The average Bonchev–Trinajstić information content (AvgIpc) is 2.18. The smallest absolute Gasteiger partial charge is 0.331 e. The summed E-state index contributed by atoms with van der Waals surface area (Å²) in [6, 6.07) is 0. The predicted octanol–water partition coefficient (Wildman–Crippen LogP) is 2.45. The van der Waals surface area contributed by atoms with Crippen LogP contribution in [0.5, 0.6) is 0 Å². The highest BCUT2D eigenvalue weighted by Crippen LogP contribution is 2.49. The van der Waals surface area contributed by atoms with Crippen LogP contribution in [0, 0.1) is 5.92 Å². The van der Waals surface area contributed by atoms with Gasteiger partial charge in [0, 0.05) is 0 Å². The zero-order chi connectivity index (χ0) is 12.6. The van der Waals surface area contributed by atoms with Gasteiger partial charge in [0.2, 0.25) is 0 Å². The zero-order valence-corrected chi connectivity index (χ0v) is 11.3. The molecule has 16 heavy (non-hydrogen) atoms. The van der Waals surface area contributed by atoms with Crippen LogP contribution in [0.15, 0.2) is 0 Å². The molecule has 0 radical (unpaired) electrons. The van der Waals surface area contributed by atoms with Crippen LogP contribution in [0.4, 0.5) is 0 Å². The van der Waals surface area contributed by atoms with Crippen molar-refractivity contribution in [1.29, 1.82) is 0 Å². The first-order chi connectivity index (χ1) is 7.49. The molecule has 0 aromatic heterocycles. The Kier molecular flexibility index (Phi) is 7.64. The van der Waals surface area contributed by atoms with E-state index >= 15 is 0 Å². The second kappa shape index (κ2) is 7.82. The maximum Gasteiger partial charge on any atom is 0.331 e. The minimum absolute atomic E-state index is 0.0630. The first-order valence-electron chi connectivity index (χ1n) is 5.53. The maximum atomic E-state index is 12.1. The van der Waals surface area contributed by atoms with E-state index < -0.39 is 13.5 Å². The van der Waals surface area contributed by atoms with Gasteiger partial charge in [0.25, 0.3) is 0 Å². The number of esters is 1. The van der Waals surface area contributed by atoms with Gasteiger partial charge >= 0.3 is 13.6 Å². The fourth-order valence-corrected chi connectivity index (χ4v) is 3.12. The topological polar surface area (TPSA) is 61.8 Å². The Morgan fingerprint density at radius 2 is 1.62 bits per heavy atom. The summed E-state index contributed by atoms with van der Waals surface area (Å²) >= 11 is 0. The molecule has 0 N–H and O–H groups in total. The van der Waals surface area contributed by atoms with Gasteiger partial charge in [-0.1, -0.05) is 6.92 Å². The van der Waals surface area contributed by atoms with Gasteiger partial charge in [0.15, 0.2) is 0 Å². The Bertz CT molecular complexity index is 244. The summed E-state index contributed by atoms with van der Waals surface area (Å²) in [7, 11) is -3.15. The summed E-state index contributed by atoms with van der Waals surface area (Å²) in [4.78, 5) is 11.4. The summed E-state index contributed by atoms with van der Waals surface area (Å²) in [6.07, 6.45) is 0.0630. The first-order valence-corrected chi connectivity index (χ1v) is 7.26. The third kappa shape index (κ3) is 5.64.